The molecule has 2 rings (SSSR count). The summed E-state index contributed by atoms with van der Waals surface area (Å²) in [6, 6.07) is 6.37. The smallest absolute Gasteiger partial charge is 0.274 e. The van der Waals surface area contributed by atoms with E-state index in [1.807, 2.05) is 0 Å². The summed E-state index contributed by atoms with van der Waals surface area (Å²) in [7, 11) is 0. The zero-order valence-electron chi connectivity index (χ0n) is 9.15. The molecule has 0 unspecified atom stereocenters. The van der Waals surface area contributed by atoms with Gasteiger partial charge in [0.05, 0.1) is 11.4 Å². The molecule has 0 radical (unpaired) electrons. The van der Waals surface area contributed by atoms with Crippen LogP contribution in [0, 0.1) is 11.6 Å². The molecule has 0 fully saturated rings. The Balaban J connectivity index is 2.25. The van der Waals surface area contributed by atoms with Gasteiger partial charge in [-0.15, -0.1) is 0 Å². The van der Waals surface area contributed by atoms with Gasteiger partial charge in [-0.2, -0.15) is 0 Å². The van der Waals surface area contributed by atoms with E-state index in [0.29, 0.717) is 6.07 Å². The van der Waals surface area contributed by atoms with Crippen molar-refractivity contribution < 1.29 is 13.6 Å². The first-order valence-corrected chi connectivity index (χ1v) is 5.05. The second-order valence-electron chi connectivity index (χ2n) is 3.52. The molecule has 0 bridgehead atoms. The van der Waals surface area contributed by atoms with Crippen LogP contribution in [-0.2, 0) is 0 Å². The van der Waals surface area contributed by atoms with Crippen molar-refractivity contribution in [1.82, 2.24) is 4.98 Å². The summed E-state index contributed by atoms with van der Waals surface area (Å²) in [6.07, 6.45) is 1.43. The summed E-state index contributed by atoms with van der Waals surface area (Å²) >= 11 is 0. The lowest BCUT2D eigenvalue weighted by atomic mass is 10.2. The summed E-state index contributed by atoms with van der Waals surface area (Å²) < 4.78 is 26.3. The molecule has 3 N–H and O–H groups in total. The van der Waals surface area contributed by atoms with Crippen LogP contribution in [0.5, 0.6) is 0 Å². The van der Waals surface area contributed by atoms with Gasteiger partial charge in [-0.05, 0) is 18.2 Å². The van der Waals surface area contributed by atoms with Crippen LogP contribution in [0.3, 0.4) is 0 Å². The van der Waals surface area contributed by atoms with Crippen LogP contribution in [0.15, 0.2) is 36.5 Å². The Labute approximate surface area is 101 Å². The number of anilines is 2. The Morgan fingerprint density at radius 3 is 2.67 bits per heavy atom. The van der Waals surface area contributed by atoms with E-state index in [1.54, 1.807) is 12.1 Å². The minimum atomic E-state index is -0.897. The molecule has 2 aromatic rings. The molecular weight excluding hydrogens is 240 g/mol. The molecule has 0 saturated carbocycles. The number of nitrogen functional groups attached to an aromatic ring is 1. The van der Waals surface area contributed by atoms with Gasteiger partial charge in [-0.25, -0.2) is 8.78 Å². The molecule has 0 spiro atoms. The highest BCUT2D eigenvalue weighted by Gasteiger charge is 2.12. The van der Waals surface area contributed by atoms with E-state index >= 15 is 0 Å². The number of benzene rings is 1. The van der Waals surface area contributed by atoms with Crippen LogP contribution < -0.4 is 11.1 Å². The van der Waals surface area contributed by atoms with Gasteiger partial charge in [0.1, 0.15) is 17.3 Å². The molecule has 1 heterocycles. The normalized spacial score (nSPS) is 10.1. The second kappa shape index (κ2) is 4.79. The summed E-state index contributed by atoms with van der Waals surface area (Å²) in [5.74, 6) is -2.37. The van der Waals surface area contributed by atoms with Gasteiger partial charge in [0.2, 0.25) is 0 Å². The second-order valence-corrected chi connectivity index (χ2v) is 3.52. The number of hydrogen-bond donors (Lipinski definition) is 2. The number of aromatic nitrogens is 1. The molecule has 18 heavy (non-hydrogen) atoms. The molecule has 4 nitrogen and oxygen atoms in total. The highest BCUT2D eigenvalue weighted by Crippen LogP contribution is 2.21. The van der Waals surface area contributed by atoms with Crippen LogP contribution >= 0.6 is 0 Å². The van der Waals surface area contributed by atoms with Crippen LogP contribution in [0.4, 0.5) is 20.2 Å². The molecule has 0 aliphatic rings. The number of carbonyl (C=O) groups is 1. The van der Waals surface area contributed by atoms with Crippen LogP contribution in [0.25, 0.3) is 0 Å². The first-order chi connectivity index (χ1) is 8.58. The lowest BCUT2D eigenvalue weighted by molar-refractivity contribution is 0.102. The van der Waals surface area contributed by atoms with Crippen LogP contribution in [-0.4, -0.2) is 10.9 Å². The molecule has 0 aliphatic heterocycles. The first kappa shape index (κ1) is 12.0. The third-order valence-electron chi connectivity index (χ3n) is 2.23. The fraction of sp³-hybridized carbons (Fsp3) is 0. The van der Waals surface area contributed by atoms with Gasteiger partial charge in [-0.3, -0.25) is 9.78 Å². The number of amides is 1. The summed E-state index contributed by atoms with van der Waals surface area (Å²) in [5.41, 5.74) is 4.99. The maximum atomic E-state index is 13.4. The number of hydrogen-bond acceptors (Lipinski definition) is 3. The van der Waals surface area contributed by atoms with E-state index in [1.165, 1.54) is 12.3 Å². The maximum absolute atomic E-state index is 13.4. The molecule has 6 heteroatoms. The zero-order chi connectivity index (χ0) is 13.1. The minimum Gasteiger partial charge on any atom is -0.396 e. The van der Waals surface area contributed by atoms with Crippen LogP contribution in [0.2, 0.25) is 0 Å². The Hall–Kier alpha value is -2.50. The molecular formula is C12H9F2N3O. The third kappa shape index (κ3) is 2.42. The van der Waals surface area contributed by atoms with Gasteiger partial charge < -0.3 is 11.1 Å². The van der Waals surface area contributed by atoms with Crippen molar-refractivity contribution in [3.8, 4) is 0 Å². The number of nitrogens with two attached hydrogens (primary N) is 1. The number of nitrogens with one attached hydrogen (secondary N) is 1. The average molecular weight is 249 g/mol. The number of rotatable bonds is 2. The zero-order valence-corrected chi connectivity index (χ0v) is 9.15. The third-order valence-corrected chi connectivity index (χ3v) is 2.23. The fourth-order valence-electron chi connectivity index (χ4n) is 1.34. The van der Waals surface area contributed by atoms with Gasteiger partial charge in [-0.1, -0.05) is 6.07 Å². The van der Waals surface area contributed by atoms with Gasteiger partial charge in [0, 0.05) is 12.3 Å². The molecule has 1 aromatic carbocycles. The number of nitrogens with zero attached hydrogens (tertiary/aromatic N) is 1. The van der Waals surface area contributed by atoms with Crippen molar-refractivity contribution in [2.24, 2.45) is 0 Å². The Bertz CT molecular complexity index is 587. The van der Waals surface area contributed by atoms with Gasteiger partial charge >= 0.3 is 0 Å². The van der Waals surface area contributed by atoms with Crippen molar-refractivity contribution in [2.75, 3.05) is 11.1 Å². The van der Waals surface area contributed by atoms with Gasteiger partial charge in [0.25, 0.3) is 5.91 Å². The topological polar surface area (TPSA) is 68.0 Å². The number of carbonyl (C=O) groups excluding carboxylic acids is 1. The molecule has 0 aliphatic carbocycles. The van der Waals surface area contributed by atoms with Crippen molar-refractivity contribution in [1.29, 1.82) is 0 Å². The Morgan fingerprint density at radius 2 is 2.00 bits per heavy atom. The maximum Gasteiger partial charge on any atom is 0.274 e. The summed E-state index contributed by atoms with van der Waals surface area (Å²) in [5, 5.41) is 2.27. The van der Waals surface area contributed by atoms with Crippen molar-refractivity contribution in [2.45, 2.75) is 0 Å². The van der Waals surface area contributed by atoms with E-state index in [4.69, 9.17) is 5.73 Å². The van der Waals surface area contributed by atoms with E-state index in [-0.39, 0.29) is 17.1 Å². The molecule has 92 valence electrons. The van der Waals surface area contributed by atoms with E-state index < -0.39 is 17.5 Å². The monoisotopic (exact) mass is 249 g/mol. The predicted octanol–water partition coefficient (Wildman–Crippen LogP) is 2.19. The SMILES string of the molecule is Nc1cc(NC(=O)c2ccccn2)c(F)cc1F. The van der Waals surface area contributed by atoms with E-state index in [9.17, 15) is 13.6 Å². The lowest BCUT2D eigenvalue weighted by Crippen LogP contribution is -2.14. The number of pyridine rings is 1. The standard InChI is InChI=1S/C12H9F2N3O/c13-7-5-8(14)11(6-9(7)15)17-12(18)10-3-1-2-4-16-10/h1-6H,15H2,(H,17,18). The predicted molar refractivity (Wildman–Crippen MR) is 63.0 cm³/mol. The minimum absolute atomic E-state index is 0.125. The molecule has 0 saturated heterocycles. The van der Waals surface area contributed by atoms with Crippen molar-refractivity contribution in [3.63, 3.8) is 0 Å². The van der Waals surface area contributed by atoms with Crippen molar-refractivity contribution >= 4 is 17.3 Å². The summed E-state index contributed by atoms with van der Waals surface area (Å²) in [4.78, 5) is 15.5. The molecule has 1 aromatic heterocycles. The largest absolute Gasteiger partial charge is 0.396 e. The van der Waals surface area contributed by atoms with E-state index in [0.717, 1.165) is 6.07 Å². The lowest BCUT2D eigenvalue weighted by Gasteiger charge is -2.07. The highest BCUT2D eigenvalue weighted by molar-refractivity contribution is 6.03. The first-order valence-electron chi connectivity index (χ1n) is 5.05. The Morgan fingerprint density at radius 1 is 1.22 bits per heavy atom. The molecule has 0 atom stereocenters. The Kier molecular flexibility index (Phi) is 3.18. The number of halogens is 2. The molecule has 1 amide bonds. The van der Waals surface area contributed by atoms with E-state index in [2.05, 4.69) is 10.3 Å². The van der Waals surface area contributed by atoms with Gasteiger partial charge in [0.15, 0.2) is 0 Å². The fourth-order valence-corrected chi connectivity index (χ4v) is 1.34. The average Bonchev–Trinajstić information content (AvgIpc) is 2.37. The van der Waals surface area contributed by atoms with Crippen molar-refractivity contribution in [3.05, 3.63) is 53.9 Å². The quantitative estimate of drug-likeness (QED) is 0.801. The van der Waals surface area contributed by atoms with Crippen LogP contribution in [0.1, 0.15) is 10.5 Å². The summed E-state index contributed by atoms with van der Waals surface area (Å²) in [6.45, 7) is 0. The highest BCUT2D eigenvalue weighted by atomic mass is 19.1.